The Labute approximate surface area is 188 Å². The molecule has 0 unspecified atom stereocenters. The van der Waals surface area contributed by atoms with E-state index in [0.29, 0.717) is 24.3 Å². The third-order valence-electron chi connectivity index (χ3n) is 4.26. The number of nitro groups is 1. The molecule has 0 aliphatic carbocycles. The lowest BCUT2D eigenvalue weighted by molar-refractivity contribution is -0.384. The summed E-state index contributed by atoms with van der Waals surface area (Å²) < 4.78 is 16.0. The number of hydrogen-bond acceptors (Lipinski definition) is 8. The van der Waals surface area contributed by atoms with Gasteiger partial charge in [0.05, 0.1) is 11.5 Å². The first kappa shape index (κ1) is 23.0. The van der Waals surface area contributed by atoms with E-state index in [1.807, 2.05) is 6.92 Å². The Morgan fingerprint density at radius 1 is 1.22 bits per heavy atom. The van der Waals surface area contributed by atoms with E-state index in [1.165, 1.54) is 24.3 Å². The highest BCUT2D eigenvalue weighted by molar-refractivity contribution is 6.32. The summed E-state index contributed by atoms with van der Waals surface area (Å²) in [5.41, 5.74) is 0.472. The molecule has 0 saturated carbocycles. The Morgan fingerprint density at radius 2 is 2.00 bits per heavy atom. The maximum atomic E-state index is 12.3. The number of nitro benzene ring substituents is 1. The van der Waals surface area contributed by atoms with E-state index in [9.17, 15) is 19.7 Å². The molecule has 0 amide bonds. The standard InChI is InChI=1S/C22H19ClN2O7/c1-3-5-20(26)31-18-9-6-13(11-19(18)30-4-2)10-16-22(27)32-21(24-16)14-7-8-15(23)17(12-14)25(28)29/h6-12H,3-5H2,1-2H3/b16-10-. The monoisotopic (exact) mass is 458 g/mol. The van der Waals surface area contributed by atoms with Gasteiger partial charge in [0.2, 0.25) is 5.90 Å². The topological polar surface area (TPSA) is 117 Å². The van der Waals surface area contributed by atoms with Crippen molar-refractivity contribution in [2.24, 2.45) is 4.99 Å². The first-order chi connectivity index (χ1) is 15.3. The van der Waals surface area contributed by atoms with E-state index < -0.39 is 10.9 Å². The predicted octanol–water partition coefficient (Wildman–Crippen LogP) is 4.70. The maximum absolute atomic E-state index is 12.3. The number of carbonyl (C=O) groups is 2. The minimum Gasteiger partial charge on any atom is -0.490 e. The predicted molar refractivity (Wildman–Crippen MR) is 117 cm³/mol. The Balaban J connectivity index is 1.90. The van der Waals surface area contributed by atoms with Crippen LogP contribution in [-0.4, -0.2) is 29.4 Å². The third-order valence-corrected chi connectivity index (χ3v) is 4.58. The molecule has 9 nitrogen and oxygen atoms in total. The van der Waals surface area contributed by atoms with Crippen LogP contribution in [0.3, 0.4) is 0 Å². The fourth-order valence-electron chi connectivity index (χ4n) is 2.82. The average molecular weight is 459 g/mol. The molecular formula is C22H19ClN2O7. The number of hydrogen-bond donors (Lipinski definition) is 0. The van der Waals surface area contributed by atoms with Gasteiger partial charge in [-0.2, -0.15) is 0 Å². The molecule has 0 spiro atoms. The number of aliphatic imine (C=N–C) groups is 1. The number of esters is 2. The molecule has 0 saturated heterocycles. The highest BCUT2D eigenvalue weighted by Gasteiger charge is 2.26. The number of cyclic esters (lactones) is 1. The summed E-state index contributed by atoms with van der Waals surface area (Å²) in [6.07, 6.45) is 2.41. The first-order valence-electron chi connectivity index (χ1n) is 9.76. The largest absolute Gasteiger partial charge is 0.490 e. The lowest BCUT2D eigenvalue weighted by atomic mass is 10.1. The molecular weight excluding hydrogens is 440 g/mol. The molecule has 0 N–H and O–H groups in total. The molecule has 1 aliphatic heterocycles. The number of nitrogens with zero attached hydrogens (tertiary/aromatic N) is 2. The Bertz CT molecular complexity index is 1140. The minimum absolute atomic E-state index is 0.00391. The van der Waals surface area contributed by atoms with Crippen LogP contribution in [0.1, 0.15) is 37.8 Å². The van der Waals surface area contributed by atoms with Gasteiger partial charge in [0, 0.05) is 18.1 Å². The van der Waals surface area contributed by atoms with Gasteiger partial charge in [-0.05, 0) is 49.2 Å². The molecule has 166 valence electrons. The van der Waals surface area contributed by atoms with Gasteiger partial charge in [-0.15, -0.1) is 0 Å². The van der Waals surface area contributed by atoms with Gasteiger partial charge >= 0.3 is 11.9 Å². The quantitative estimate of drug-likeness (QED) is 0.185. The normalized spacial score (nSPS) is 14.2. The van der Waals surface area contributed by atoms with Crippen LogP contribution in [-0.2, 0) is 14.3 Å². The van der Waals surface area contributed by atoms with Crippen molar-refractivity contribution in [1.82, 2.24) is 0 Å². The van der Waals surface area contributed by atoms with Gasteiger partial charge in [0.15, 0.2) is 17.2 Å². The Kier molecular flexibility index (Phi) is 7.21. The van der Waals surface area contributed by atoms with E-state index in [-0.39, 0.29) is 46.0 Å². The molecule has 0 atom stereocenters. The summed E-state index contributed by atoms with van der Waals surface area (Å²) in [5, 5.41) is 11.1. The summed E-state index contributed by atoms with van der Waals surface area (Å²) in [7, 11) is 0. The first-order valence-corrected chi connectivity index (χ1v) is 10.1. The lowest BCUT2D eigenvalue weighted by Crippen LogP contribution is -2.08. The van der Waals surface area contributed by atoms with Crippen molar-refractivity contribution < 1.29 is 28.7 Å². The number of rotatable bonds is 8. The van der Waals surface area contributed by atoms with Crippen molar-refractivity contribution in [1.29, 1.82) is 0 Å². The van der Waals surface area contributed by atoms with Crippen molar-refractivity contribution in [3.05, 3.63) is 68.4 Å². The van der Waals surface area contributed by atoms with Crippen molar-refractivity contribution >= 4 is 41.2 Å². The highest BCUT2D eigenvalue weighted by atomic mass is 35.5. The van der Waals surface area contributed by atoms with Crippen LogP contribution in [0.4, 0.5) is 5.69 Å². The van der Waals surface area contributed by atoms with E-state index in [1.54, 1.807) is 25.1 Å². The van der Waals surface area contributed by atoms with Gasteiger partial charge in [-0.25, -0.2) is 9.79 Å². The van der Waals surface area contributed by atoms with Gasteiger partial charge in [0.1, 0.15) is 5.02 Å². The van der Waals surface area contributed by atoms with Crippen molar-refractivity contribution in [3.8, 4) is 11.5 Å². The Hall–Kier alpha value is -3.72. The number of halogens is 1. The second kappa shape index (κ2) is 10.1. The van der Waals surface area contributed by atoms with Crippen LogP contribution in [0, 0.1) is 10.1 Å². The van der Waals surface area contributed by atoms with Crippen LogP contribution in [0.2, 0.25) is 5.02 Å². The van der Waals surface area contributed by atoms with Gasteiger partial charge in [-0.3, -0.25) is 14.9 Å². The molecule has 1 aliphatic rings. The zero-order valence-electron chi connectivity index (χ0n) is 17.3. The minimum atomic E-state index is -0.714. The van der Waals surface area contributed by atoms with Crippen LogP contribution in [0.25, 0.3) is 6.08 Å². The molecule has 0 bridgehead atoms. The van der Waals surface area contributed by atoms with Crippen LogP contribution in [0.5, 0.6) is 11.5 Å². The van der Waals surface area contributed by atoms with Crippen molar-refractivity contribution in [3.63, 3.8) is 0 Å². The molecule has 2 aromatic rings. The highest BCUT2D eigenvalue weighted by Crippen LogP contribution is 2.31. The second-order valence-electron chi connectivity index (χ2n) is 6.62. The number of ether oxygens (including phenoxy) is 3. The fraction of sp³-hybridized carbons (Fsp3) is 0.227. The summed E-state index contributed by atoms with van der Waals surface area (Å²) >= 11 is 5.82. The third kappa shape index (κ3) is 5.30. The molecule has 3 rings (SSSR count). The number of benzene rings is 2. The molecule has 0 radical (unpaired) electrons. The van der Waals surface area contributed by atoms with Crippen LogP contribution in [0.15, 0.2) is 47.1 Å². The summed E-state index contributed by atoms with van der Waals surface area (Å²) in [6, 6.07) is 8.80. The summed E-state index contributed by atoms with van der Waals surface area (Å²) in [5.74, 6) is -0.537. The lowest BCUT2D eigenvalue weighted by Gasteiger charge is -2.11. The smallest absolute Gasteiger partial charge is 0.363 e. The van der Waals surface area contributed by atoms with Gasteiger partial charge in [0.25, 0.3) is 5.69 Å². The zero-order chi connectivity index (χ0) is 23.3. The second-order valence-corrected chi connectivity index (χ2v) is 7.03. The molecule has 2 aromatic carbocycles. The maximum Gasteiger partial charge on any atom is 0.363 e. The van der Waals surface area contributed by atoms with E-state index in [4.69, 9.17) is 25.8 Å². The fourth-order valence-corrected chi connectivity index (χ4v) is 3.01. The Morgan fingerprint density at radius 3 is 2.69 bits per heavy atom. The molecule has 0 fully saturated rings. The van der Waals surface area contributed by atoms with Gasteiger partial charge < -0.3 is 14.2 Å². The van der Waals surface area contributed by atoms with Crippen molar-refractivity contribution in [2.45, 2.75) is 26.7 Å². The number of carbonyl (C=O) groups excluding carboxylic acids is 2. The van der Waals surface area contributed by atoms with Crippen molar-refractivity contribution in [2.75, 3.05) is 6.61 Å². The summed E-state index contributed by atoms with van der Waals surface area (Å²) in [4.78, 5) is 38.7. The average Bonchev–Trinajstić information content (AvgIpc) is 3.10. The zero-order valence-corrected chi connectivity index (χ0v) is 18.0. The molecule has 0 aromatic heterocycles. The SMILES string of the molecule is CCCC(=O)Oc1ccc(/C=C2\N=C(c3ccc(Cl)c([N+](=O)[O-])c3)OC2=O)cc1OCC. The molecule has 32 heavy (non-hydrogen) atoms. The van der Waals surface area contributed by atoms with Crippen LogP contribution >= 0.6 is 11.6 Å². The molecule has 10 heteroatoms. The van der Waals surface area contributed by atoms with E-state index in [2.05, 4.69) is 4.99 Å². The summed E-state index contributed by atoms with van der Waals surface area (Å²) in [6.45, 7) is 4.01. The van der Waals surface area contributed by atoms with Gasteiger partial charge in [-0.1, -0.05) is 24.6 Å². The van der Waals surface area contributed by atoms with E-state index >= 15 is 0 Å². The molecule has 1 heterocycles. The van der Waals surface area contributed by atoms with Crippen LogP contribution < -0.4 is 9.47 Å². The van der Waals surface area contributed by atoms with E-state index in [0.717, 1.165) is 0 Å².